The van der Waals surface area contributed by atoms with Crippen molar-refractivity contribution in [3.8, 4) is 0 Å². The third-order valence-electron chi connectivity index (χ3n) is 3.46. The van der Waals surface area contributed by atoms with Gasteiger partial charge in [-0.1, -0.05) is 25.4 Å². The molecule has 21 heavy (non-hydrogen) atoms. The van der Waals surface area contributed by atoms with Gasteiger partial charge >= 0.3 is 0 Å². The summed E-state index contributed by atoms with van der Waals surface area (Å²) in [6, 6.07) is 2.01. The molecule has 0 radical (unpaired) electrons. The fourth-order valence-electron chi connectivity index (χ4n) is 2.35. The highest BCUT2D eigenvalue weighted by Gasteiger charge is 2.34. The molecule has 0 aliphatic carbocycles. The standard InChI is InChI=1S/C13H14Cl2FNO3S/c1-13(2)3-4-17(7-13)12(18)9-5-8(14)6-10(11(9)16)21(15,19)20/h5-6H,3-4,7H2,1-2H3. The van der Waals surface area contributed by atoms with E-state index in [0.717, 1.165) is 18.6 Å². The summed E-state index contributed by atoms with van der Waals surface area (Å²) in [7, 11) is 0.850. The third kappa shape index (κ3) is 3.49. The summed E-state index contributed by atoms with van der Waals surface area (Å²) in [6.45, 7) is 4.97. The second-order valence-electron chi connectivity index (χ2n) is 5.84. The fourth-order valence-corrected chi connectivity index (χ4v) is 3.56. The molecule has 4 nitrogen and oxygen atoms in total. The first kappa shape index (κ1) is 16.5. The van der Waals surface area contributed by atoms with Gasteiger partial charge in [0.1, 0.15) is 4.90 Å². The number of rotatable bonds is 2. The normalized spacial score (nSPS) is 18.0. The molecule has 1 saturated heterocycles. The SMILES string of the molecule is CC1(C)CCN(C(=O)c2cc(Cl)cc(S(=O)(=O)Cl)c2F)C1. The number of benzene rings is 1. The highest BCUT2D eigenvalue weighted by Crippen LogP contribution is 2.32. The first-order chi connectivity index (χ1) is 9.51. The summed E-state index contributed by atoms with van der Waals surface area (Å²) in [5.41, 5.74) is -0.425. The van der Waals surface area contributed by atoms with Gasteiger partial charge in [-0.3, -0.25) is 4.79 Å². The number of carbonyl (C=O) groups is 1. The van der Waals surface area contributed by atoms with Gasteiger partial charge < -0.3 is 4.90 Å². The first-order valence-electron chi connectivity index (χ1n) is 6.24. The maximum atomic E-state index is 14.3. The van der Waals surface area contributed by atoms with E-state index in [2.05, 4.69) is 0 Å². The van der Waals surface area contributed by atoms with Crippen molar-refractivity contribution >= 4 is 37.2 Å². The van der Waals surface area contributed by atoms with E-state index >= 15 is 0 Å². The van der Waals surface area contributed by atoms with Crippen LogP contribution in [0.15, 0.2) is 17.0 Å². The van der Waals surface area contributed by atoms with E-state index in [-0.39, 0.29) is 16.0 Å². The minimum absolute atomic E-state index is 0.0495. The molecule has 8 heteroatoms. The fraction of sp³-hybridized carbons (Fsp3) is 0.462. The summed E-state index contributed by atoms with van der Waals surface area (Å²) in [4.78, 5) is 13.1. The Balaban J connectivity index is 2.46. The second-order valence-corrected chi connectivity index (χ2v) is 8.82. The number of likely N-dealkylation sites (tertiary alicyclic amines) is 1. The van der Waals surface area contributed by atoms with Crippen LogP contribution < -0.4 is 0 Å². The minimum atomic E-state index is -4.32. The van der Waals surface area contributed by atoms with Gasteiger partial charge in [-0.15, -0.1) is 0 Å². The van der Waals surface area contributed by atoms with Crippen LogP contribution in [0.5, 0.6) is 0 Å². The quantitative estimate of drug-likeness (QED) is 0.766. The van der Waals surface area contributed by atoms with Gasteiger partial charge in [-0.05, 0) is 24.0 Å². The Bertz CT molecular complexity index is 704. The molecule has 116 valence electrons. The lowest BCUT2D eigenvalue weighted by Crippen LogP contribution is -2.31. The molecule has 0 spiro atoms. The smallest absolute Gasteiger partial charge is 0.264 e. The summed E-state index contributed by atoms with van der Waals surface area (Å²) < 4.78 is 37.0. The van der Waals surface area contributed by atoms with Crippen molar-refractivity contribution in [2.75, 3.05) is 13.1 Å². The number of hydrogen-bond acceptors (Lipinski definition) is 3. The van der Waals surface area contributed by atoms with Crippen molar-refractivity contribution in [1.82, 2.24) is 4.90 Å². The molecule has 1 amide bonds. The predicted molar refractivity (Wildman–Crippen MR) is 78.8 cm³/mol. The Morgan fingerprint density at radius 3 is 2.48 bits per heavy atom. The Kier molecular flexibility index (Phi) is 4.26. The van der Waals surface area contributed by atoms with Gasteiger partial charge in [0.15, 0.2) is 5.82 Å². The molecule has 1 aliphatic rings. The molecule has 1 aromatic carbocycles. The van der Waals surface area contributed by atoms with Crippen LogP contribution in [0.2, 0.25) is 5.02 Å². The van der Waals surface area contributed by atoms with Crippen molar-refractivity contribution in [3.05, 3.63) is 28.5 Å². The molecule has 0 bridgehead atoms. The van der Waals surface area contributed by atoms with Crippen LogP contribution >= 0.6 is 22.3 Å². The third-order valence-corrected chi connectivity index (χ3v) is 5.00. The van der Waals surface area contributed by atoms with Crippen molar-refractivity contribution in [1.29, 1.82) is 0 Å². The van der Waals surface area contributed by atoms with Gasteiger partial charge in [0.2, 0.25) is 0 Å². The van der Waals surface area contributed by atoms with E-state index in [0.29, 0.717) is 13.1 Å². The monoisotopic (exact) mass is 353 g/mol. The number of nitrogens with zero attached hydrogens (tertiary/aromatic N) is 1. The number of halogens is 3. The van der Waals surface area contributed by atoms with Crippen molar-refractivity contribution in [2.24, 2.45) is 5.41 Å². The van der Waals surface area contributed by atoms with Gasteiger partial charge in [-0.2, -0.15) is 0 Å². The Labute approximate surface area is 132 Å². The summed E-state index contributed by atoms with van der Waals surface area (Å²) in [5.74, 6) is -1.74. The van der Waals surface area contributed by atoms with Crippen LogP contribution in [0.25, 0.3) is 0 Å². The van der Waals surface area contributed by atoms with E-state index < -0.39 is 25.7 Å². The van der Waals surface area contributed by atoms with E-state index in [9.17, 15) is 17.6 Å². The van der Waals surface area contributed by atoms with Gasteiger partial charge in [0, 0.05) is 28.8 Å². The van der Waals surface area contributed by atoms with Crippen LogP contribution in [0.1, 0.15) is 30.6 Å². The molecule has 0 aromatic heterocycles. The second kappa shape index (κ2) is 5.41. The van der Waals surface area contributed by atoms with E-state index in [1.165, 1.54) is 4.90 Å². The van der Waals surface area contributed by atoms with Crippen LogP contribution in [-0.4, -0.2) is 32.3 Å². The summed E-state index contributed by atoms with van der Waals surface area (Å²) in [5, 5.41) is -0.0579. The van der Waals surface area contributed by atoms with Crippen molar-refractivity contribution in [2.45, 2.75) is 25.2 Å². The maximum absolute atomic E-state index is 14.3. The van der Waals surface area contributed by atoms with Gasteiger partial charge in [0.25, 0.3) is 15.0 Å². The van der Waals surface area contributed by atoms with Gasteiger partial charge in [0.05, 0.1) is 5.56 Å². The van der Waals surface area contributed by atoms with Crippen LogP contribution in [0.4, 0.5) is 4.39 Å². The van der Waals surface area contributed by atoms with E-state index in [1.54, 1.807) is 0 Å². The largest absolute Gasteiger partial charge is 0.338 e. The number of carbonyl (C=O) groups excluding carboxylic acids is 1. The molecule has 1 heterocycles. The molecule has 0 saturated carbocycles. The van der Waals surface area contributed by atoms with Crippen molar-refractivity contribution in [3.63, 3.8) is 0 Å². The number of hydrogen-bond donors (Lipinski definition) is 0. The highest BCUT2D eigenvalue weighted by atomic mass is 35.7. The molecule has 0 atom stereocenters. The predicted octanol–water partition coefficient (Wildman–Crippen LogP) is 3.28. The molecule has 1 aliphatic heterocycles. The molecule has 1 fully saturated rings. The number of amides is 1. The minimum Gasteiger partial charge on any atom is -0.338 e. The van der Waals surface area contributed by atoms with Crippen molar-refractivity contribution < 1.29 is 17.6 Å². The first-order valence-corrected chi connectivity index (χ1v) is 8.93. The Morgan fingerprint density at radius 2 is 2.00 bits per heavy atom. The molecular formula is C13H14Cl2FNO3S. The zero-order valence-electron chi connectivity index (χ0n) is 11.5. The lowest BCUT2D eigenvalue weighted by atomic mass is 9.93. The van der Waals surface area contributed by atoms with Gasteiger partial charge in [-0.25, -0.2) is 12.8 Å². The van der Waals surface area contributed by atoms with E-state index in [4.69, 9.17) is 22.3 Å². The molecule has 1 aromatic rings. The lowest BCUT2D eigenvalue weighted by molar-refractivity contribution is 0.0773. The molecule has 2 rings (SSSR count). The van der Waals surface area contributed by atoms with Crippen LogP contribution in [0.3, 0.4) is 0 Å². The molecule has 0 N–H and O–H groups in total. The molecule has 0 unspecified atom stereocenters. The maximum Gasteiger partial charge on any atom is 0.264 e. The Hall–Kier alpha value is -0.850. The zero-order valence-corrected chi connectivity index (χ0v) is 13.8. The van der Waals surface area contributed by atoms with E-state index in [1.807, 2.05) is 13.8 Å². The zero-order chi connectivity index (χ0) is 16.0. The summed E-state index contributed by atoms with van der Waals surface area (Å²) >= 11 is 5.77. The Morgan fingerprint density at radius 1 is 1.38 bits per heavy atom. The average Bonchev–Trinajstić information content (AvgIpc) is 2.70. The van der Waals surface area contributed by atoms with Crippen LogP contribution in [-0.2, 0) is 9.05 Å². The lowest BCUT2D eigenvalue weighted by Gasteiger charge is -2.20. The van der Waals surface area contributed by atoms with Crippen LogP contribution in [0, 0.1) is 11.2 Å². The average molecular weight is 354 g/mol. The highest BCUT2D eigenvalue weighted by molar-refractivity contribution is 8.13. The topological polar surface area (TPSA) is 54.5 Å². The molecular weight excluding hydrogens is 340 g/mol. The summed E-state index contributed by atoms with van der Waals surface area (Å²) in [6.07, 6.45) is 0.793.